The highest BCUT2D eigenvalue weighted by molar-refractivity contribution is 5.10. The molecule has 0 spiro atoms. The van der Waals surface area contributed by atoms with Crippen LogP contribution in [0.15, 0.2) is 18.5 Å². The van der Waals surface area contributed by atoms with E-state index in [0.29, 0.717) is 6.54 Å². The summed E-state index contributed by atoms with van der Waals surface area (Å²) in [6.07, 6.45) is 2.92. The van der Waals surface area contributed by atoms with E-state index >= 15 is 0 Å². The molecule has 1 saturated heterocycles. The van der Waals surface area contributed by atoms with Crippen LogP contribution in [-0.2, 0) is 6.54 Å². The van der Waals surface area contributed by atoms with Crippen molar-refractivity contribution in [3.8, 4) is 6.07 Å². The van der Waals surface area contributed by atoms with Gasteiger partial charge in [-0.3, -0.25) is 14.8 Å². The van der Waals surface area contributed by atoms with Gasteiger partial charge in [0.15, 0.2) is 0 Å². The van der Waals surface area contributed by atoms with Gasteiger partial charge in [0.05, 0.1) is 18.8 Å². The van der Waals surface area contributed by atoms with Crippen LogP contribution in [0.25, 0.3) is 0 Å². The van der Waals surface area contributed by atoms with Crippen molar-refractivity contribution in [2.45, 2.75) is 6.54 Å². The zero-order valence-corrected chi connectivity index (χ0v) is 9.64. The lowest BCUT2D eigenvalue weighted by atomic mass is 10.2. The van der Waals surface area contributed by atoms with E-state index in [-0.39, 0.29) is 5.82 Å². The summed E-state index contributed by atoms with van der Waals surface area (Å²) in [5, 5.41) is 8.59. The first-order valence-electron chi connectivity index (χ1n) is 5.69. The number of aromatic nitrogens is 1. The van der Waals surface area contributed by atoms with Gasteiger partial charge in [0, 0.05) is 38.9 Å². The lowest BCUT2D eigenvalue weighted by Crippen LogP contribution is -2.45. The van der Waals surface area contributed by atoms with Gasteiger partial charge in [-0.15, -0.1) is 0 Å². The smallest absolute Gasteiger partial charge is 0.141 e. The molecule has 2 rings (SSSR count). The van der Waals surface area contributed by atoms with Crippen molar-refractivity contribution in [1.29, 1.82) is 5.26 Å². The fraction of sp³-hybridized carbons (Fsp3) is 0.500. The van der Waals surface area contributed by atoms with Crippen LogP contribution in [0.1, 0.15) is 5.56 Å². The lowest BCUT2D eigenvalue weighted by Gasteiger charge is -2.33. The highest BCUT2D eigenvalue weighted by Gasteiger charge is 2.16. The maximum atomic E-state index is 13.0. The standard InChI is InChI=1S/C12H15FN4/c13-12-7-11(8-15-9-12)10-17-5-3-16(2-1-14)4-6-17/h7-9H,2-6,10H2. The van der Waals surface area contributed by atoms with Crippen molar-refractivity contribution in [2.24, 2.45) is 0 Å². The zero-order valence-electron chi connectivity index (χ0n) is 9.64. The number of hydrogen-bond donors (Lipinski definition) is 0. The Morgan fingerprint density at radius 3 is 2.59 bits per heavy atom. The van der Waals surface area contributed by atoms with E-state index in [4.69, 9.17) is 5.26 Å². The predicted molar refractivity (Wildman–Crippen MR) is 61.5 cm³/mol. The SMILES string of the molecule is N#CCN1CCN(Cc2cncc(F)c2)CC1. The van der Waals surface area contributed by atoms with Gasteiger partial charge < -0.3 is 0 Å². The third kappa shape index (κ3) is 3.48. The predicted octanol–water partition coefficient (Wildman–Crippen LogP) is 0.862. The Bertz CT molecular complexity index is 407. The summed E-state index contributed by atoms with van der Waals surface area (Å²) in [6, 6.07) is 3.68. The van der Waals surface area contributed by atoms with E-state index in [1.54, 1.807) is 6.20 Å². The van der Waals surface area contributed by atoms with Gasteiger partial charge >= 0.3 is 0 Å². The fourth-order valence-corrected chi connectivity index (χ4v) is 2.01. The van der Waals surface area contributed by atoms with Gasteiger partial charge in [-0.1, -0.05) is 0 Å². The van der Waals surface area contributed by atoms with E-state index in [0.717, 1.165) is 38.3 Å². The first-order valence-corrected chi connectivity index (χ1v) is 5.69. The van der Waals surface area contributed by atoms with Crippen molar-refractivity contribution >= 4 is 0 Å². The molecule has 0 unspecified atom stereocenters. The third-order valence-corrected chi connectivity index (χ3v) is 2.93. The first kappa shape index (κ1) is 12.0. The van der Waals surface area contributed by atoms with E-state index < -0.39 is 0 Å². The minimum Gasteiger partial charge on any atom is -0.296 e. The average Bonchev–Trinajstić information content (AvgIpc) is 2.32. The minimum atomic E-state index is -0.286. The van der Waals surface area contributed by atoms with Crippen molar-refractivity contribution < 1.29 is 4.39 Å². The summed E-state index contributed by atoms with van der Waals surface area (Å²) >= 11 is 0. The molecular formula is C12H15FN4. The van der Waals surface area contributed by atoms with Crippen LogP contribution in [0.3, 0.4) is 0 Å². The van der Waals surface area contributed by atoms with Gasteiger partial charge in [0.25, 0.3) is 0 Å². The van der Waals surface area contributed by atoms with Crippen LogP contribution in [0.2, 0.25) is 0 Å². The van der Waals surface area contributed by atoms with Crippen LogP contribution < -0.4 is 0 Å². The number of nitriles is 1. The van der Waals surface area contributed by atoms with Crippen LogP contribution in [0, 0.1) is 17.1 Å². The summed E-state index contributed by atoms with van der Waals surface area (Å²) in [6.45, 7) is 4.85. The van der Waals surface area contributed by atoms with Crippen LogP contribution in [0.5, 0.6) is 0 Å². The molecule has 0 atom stereocenters. The molecule has 0 saturated carbocycles. The van der Waals surface area contributed by atoms with E-state index in [9.17, 15) is 4.39 Å². The lowest BCUT2D eigenvalue weighted by molar-refractivity contribution is 0.138. The number of pyridine rings is 1. The van der Waals surface area contributed by atoms with Crippen molar-refractivity contribution in [3.05, 3.63) is 29.8 Å². The van der Waals surface area contributed by atoms with Gasteiger partial charge in [0.2, 0.25) is 0 Å². The van der Waals surface area contributed by atoms with Crippen molar-refractivity contribution in [3.63, 3.8) is 0 Å². The Balaban J connectivity index is 1.84. The largest absolute Gasteiger partial charge is 0.296 e. The molecule has 17 heavy (non-hydrogen) atoms. The number of piperazine rings is 1. The van der Waals surface area contributed by atoms with Gasteiger partial charge in [-0.2, -0.15) is 5.26 Å². The molecule has 1 aromatic heterocycles. The molecule has 2 heterocycles. The average molecular weight is 234 g/mol. The molecule has 0 N–H and O–H groups in total. The molecule has 0 bridgehead atoms. The second-order valence-electron chi connectivity index (χ2n) is 4.22. The highest BCUT2D eigenvalue weighted by atomic mass is 19.1. The summed E-state index contributed by atoms with van der Waals surface area (Å²) in [5.74, 6) is -0.286. The number of nitrogens with zero attached hydrogens (tertiary/aromatic N) is 4. The van der Waals surface area contributed by atoms with Crippen LogP contribution in [0.4, 0.5) is 4.39 Å². The van der Waals surface area contributed by atoms with Gasteiger partial charge in [-0.05, 0) is 11.6 Å². The fourth-order valence-electron chi connectivity index (χ4n) is 2.01. The monoisotopic (exact) mass is 234 g/mol. The first-order chi connectivity index (χ1) is 8.28. The quantitative estimate of drug-likeness (QED) is 0.728. The van der Waals surface area contributed by atoms with E-state index in [1.807, 2.05) is 0 Å². The summed E-state index contributed by atoms with van der Waals surface area (Å²) < 4.78 is 13.0. The van der Waals surface area contributed by atoms with Crippen LogP contribution in [-0.4, -0.2) is 47.5 Å². The zero-order chi connectivity index (χ0) is 12.1. The van der Waals surface area contributed by atoms with Crippen molar-refractivity contribution in [2.75, 3.05) is 32.7 Å². The number of hydrogen-bond acceptors (Lipinski definition) is 4. The topological polar surface area (TPSA) is 43.2 Å². The molecule has 0 aliphatic carbocycles. The van der Waals surface area contributed by atoms with Crippen LogP contribution >= 0.6 is 0 Å². The highest BCUT2D eigenvalue weighted by Crippen LogP contribution is 2.08. The van der Waals surface area contributed by atoms with E-state index in [2.05, 4.69) is 20.9 Å². The Kier molecular flexibility index (Phi) is 4.02. The molecule has 5 heteroatoms. The molecule has 1 aliphatic rings. The van der Waals surface area contributed by atoms with Gasteiger partial charge in [-0.25, -0.2) is 4.39 Å². The molecule has 1 aromatic rings. The molecule has 0 amide bonds. The summed E-state index contributed by atoms with van der Waals surface area (Å²) in [4.78, 5) is 8.22. The number of rotatable bonds is 3. The Hall–Kier alpha value is -1.51. The molecule has 1 fully saturated rings. The maximum Gasteiger partial charge on any atom is 0.141 e. The van der Waals surface area contributed by atoms with E-state index in [1.165, 1.54) is 12.3 Å². The Morgan fingerprint density at radius 2 is 1.94 bits per heavy atom. The second kappa shape index (κ2) is 5.71. The molecule has 90 valence electrons. The van der Waals surface area contributed by atoms with Gasteiger partial charge in [0.1, 0.15) is 5.82 Å². The molecule has 0 radical (unpaired) electrons. The molecule has 1 aliphatic heterocycles. The molecular weight excluding hydrogens is 219 g/mol. The third-order valence-electron chi connectivity index (χ3n) is 2.93. The second-order valence-corrected chi connectivity index (χ2v) is 4.22. The minimum absolute atomic E-state index is 0.286. The molecule has 4 nitrogen and oxygen atoms in total. The maximum absolute atomic E-state index is 13.0. The van der Waals surface area contributed by atoms with Crippen molar-refractivity contribution in [1.82, 2.24) is 14.8 Å². The summed E-state index contributed by atoms with van der Waals surface area (Å²) in [7, 11) is 0. The normalized spacial score (nSPS) is 17.9. The number of halogens is 1. The molecule has 0 aromatic carbocycles. The Morgan fingerprint density at radius 1 is 1.24 bits per heavy atom. The Labute approximate surface area is 100 Å². The summed E-state index contributed by atoms with van der Waals surface area (Å²) in [5.41, 5.74) is 0.902.